The first-order valence-corrected chi connectivity index (χ1v) is 11.5. The summed E-state index contributed by atoms with van der Waals surface area (Å²) >= 11 is 1.41. The maximum absolute atomic E-state index is 13.0. The number of amides is 2. The fraction of sp³-hybridized carbons (Fsp3) is 0.240. The summed E-state index contributed by atoms with van der Waals surface area (Å²) in [6, 6.07) is 17.5. The van der Waals surface area contributed by atoms with E-state index in [2.05, 4.69) is 0 Å². The normalized spacial score (nSPS) is 13.5. The third kappa shape index (κ3) is 5.23. The number of carbonyl (C=O) groups excluding carboxylic acids is 3. The van der Waals surface area contributed by atoms with E-state index >= 15 is 0 Å². The minimum atomic E-state index is -0.207. The van der Waals surface area contributed by atoms with E-state index in [4.69, 9.17) is 9.47 Å². The number of carbonyl (C=O) groups is 3. The number of ketones is 1. The van der Waals surface area contributed by atoms with Gasteiger partial charge in [0.1, 0.15) is 11.5 Å². The summed E-state index contributed by atoms with van der Waals surface area (Å²) in [5.74, 6) is 0.431. The van der Waals surface area contributed by atoms with Crippen LogP contribution in [0.3, 0.4) is 0 Å². The zero-order valence-corrected chi connectivity index (χ0v) is 19.0. The zero-order valence-electron chi connectivity index (χ0n) is 18.2. The van der Waals surface area contributed by atoms with Crippen molar-refractivity contribution in [2.24, 2.45) is 0 Å². The van der Waals surface area contributed by atoms with Gasteiger partial charge >= 0.3 is 0 Å². The number of ether oxygens (including phenoxy) is 2. The van der Waals surface area contributed by atoms with Crippen LogP contribution in [-0.4, -0.2) is 67.3 Å². The van der Waals surface area contributed by atoms with Gasteiger partial charge in [0.2, 0.25) is 0 Å². The van der Waals surface area contributed by atoms with Crippen molar-refractivity contribution in [1.29, 1.82) is 0 Å². The lowest BCUT2D eigenvalue weighted by atomic mass is 10.0. The lowest BCUT2D eigenvalue weighted by Gasteiger charge is -2.34. The summed E-state index contributed by atoms with van der Waals surface area (Å²) in [6.45, 7) is 1.61. The van der Waals surface area contributed by atoms with Crippen LogP contribution in [0, 0.1) is 0 Å². The van der Waals surface area contributed by atoms with Gasteiger partial charge in [-0.3, -0.25) is 14.4 Å². The maximum atomic E-state index is 13.0. The number of rotatable bonds is 7. The number of hydrogen-bond donors (Lipinski definition) is 0. The SMILES string of the molecule is COc1ccc(C(=O)c2ccccc2)c(OCC(=O)N2CCN(C(=O)c3cccs3)CC2)c1. The van der Waals surface area contributed by atoms with E-state index in [0.717, 1.165) is 0 Å². The molecule has 0 saturated carbocycles. The first-order chi connectivity index (χ1) is 16.1. The third-order valence-corrected chi connectivity index (χ3v) is 6.33. The Hall–Kier alpha value is -3.65. The highest BCUT2D eigenvalue weighted by molar-refractivity contribution is 7.12. The fourth-order valence-corrected chi connectivity index (χ4v) is 4.32. The van der Waals surface area contributed by atoms with Gasteiger partial charge in [0.25, 0.3) is 11.8 Å². The summed E-state index contributed by atoms with van der Waals surface area (Å²) in [5, 5.41) is 1.87. The smallest absolute Gasteiger partial charge is 0.264 e. The maximum Gasteiger partial charge on any atom is 0.264 e. The Labute approximate surface area is 196 Å². The minimum absolute atomic E-state index is 0.00574. The number of benzene rings is 2. The highest BCUT2D eigenvalue weighted by Gasteiger charge is 2.26. The predicted molar refractivity (Wildman–Crippen MR) is 125 cm³/mol. The Morgan fingerprint density at radius 2 is 1.64 bits per heavy atom. The van der Waals surface area contributed by atoms with Crippen LogP contribution in [0.5, 0.6) is 11.5 Å². The molecule has 0 spiro atoms. The lowest BCUT2D eigenvalue weighted by Crippen LogP contribution is -2.51. The molecule has 3 aromatic rings. The van der Waals surface area contributed by atoms with E-state index in [9.17, 15) is 14.4 Å². The molecule has 0 aliphatic carbocycles. The van der Waals surface area contributed by atoms with E-state index < -0.39 is 0 Å². The molecule has 4 rings (SSSR count). The number of piperazine rings is 1. The van der Waals surface area contributed by atoms with E-state index in [-0.39, 0.29) is 24.2 Å². The molecule has 0 unspecified atom stereocenters. The quantitative estimate of drug-likeness (QED) is 0.501. The van der Waals surface area contributed by atoms with Gasteiger partial charge in [-0.15, -0.1) is 11.3 Å². The molecular weight excluding hydrogens is 440 g/mol. The van der Waals surface area contributed by atoms with Gasteiger partial charge in [-0.1, -0.05) is 36.4 Å². The summed E-state index contributed by atoms with van der Waals surface area (Å²) in [6.07, 6.45) is 0. The molecule has 1 fully saturated rings. The Morgan fingerprint density at radius 3 is 2.30 bits per heavy atom. The predicted octanol–water partition coefficient (Wildman–Crippen LogP) is 3.35. The average molecular weight is 465 g/mol. The Kier molecular flexibility index (Phi) is 7.04. The summed E-state index contributed by atoms with van der Waals surface area (Å²) < 4.78 is 11.1. The van der Waals surface area contributed by atoms with Crippen LogP contribution in [0.15, 0.2) is 66.0 Å². The van der Waals surface area contributed by atoms with E-state index in [1.165, 1.54) is 18.4 Å². The largest absolute Gasteiger partial charge is 0.497 e. The average Bonchev–Trinajstić information content (AvgIpc) is 3.42. The molecule has 2 amide bonds. The van der Waals surface area contributed by atoms with Gasteiger partial charge in [0.05, 0.1) is 17.6 Å². The van der Waals surface area contributed by atoms with Gasteiger partial charge in [0.15, 0.2) is 12.4 Å². The third-order valence-electron chi connectivity index (χ3n) is 5.47. The number of nitrogens with zero attached hydrogens (tertiary/aromatic N) is 2. The van der Waals surface area contributed by atoms with Crippen molar-refractivity contribution in [2.45, 2.75) is 0 Å². The number of thiophene rings is 1. The van der Waals surface area contributed by atoms with Crippen molar-refractivity contribution in [2.75, 3.05) is 39.9 Å². The van der Waals surface area contributed by atoms with Crippen LogP contribution >= 0.6 is 11.3 Å². The van der Waals surface area contributed by atoms with Crippen molar-refractivity contribution >= 4 is 28.9 Å². The zero-order chi connectivity index (χ0) is 23.2. The van der Waals surface area contributed by atoms with E-state index in [1.54, 1.807) is 58.3 Å². The standard InChI is InChI=1S/C25H24N2O5S/c1-31-19-9-10-20(24(29)18-6-3-2-4-7-18)21(16-19)32-17-23(28)26-11-13-27(14-12-26)25(30)22-8-5-15-33-22/h2-10,15-16H,11-14,17H2,1H3. The van der Waals surface area contributed by atoms with Crippen LogP contribution in [0.4, 0.5) is 0 Å². The van der Waals surface area contributed by atoms with Crippen molar-refractivity contribution in [3.63, 3.8) is 0 Å². The molecule has 0 atom stereocenters. The molecule has 1 aliphatic rings. The molecule has 2 aromatic carbocycles. The van der Waals surface area contributed by atoms with Crippen molar-refractivity contribution < 1.29 is 23.9 Å². The second-order valence-corrected chi connectivity index (χ2v) is 8.44. The van der Waals surface area contributed by atoms with Crippen molar-refractivity contribution in [3.8, 4) is 11.5 Å². The van der Waals surface area contributed by atoms with E-state index in [1.807, 2.05) is 17.5 Å². The number of hydrogen-bond acceptors (Lipinski definition) is 6. The Balaban J connectivity index is 1.39. The van der Waals surface area contributed by atoms with Gasteiger partial charge in [-0.05, 0) is 23.6 Å². The molecule has 8 heteroatoms. The molecule has 0 bridgehead atoms. The van der Waals surface area contributed by atoms with Gasteiger partial charge in [-0.25, -0.2) is 0 Å². The minimum Gasteiger partial charge on any atom is -0.497 e. The van der Waals surface area contributed by atoms with E-state index in [0.29, 0.717) is 53.7 Å². The van der Waals surface area contributed by atoms with Crippen molar-refractivity contribution in [1.82, 2.24) is 9.80 Å². The van der Waals surface area contributed by atoms with Gasteiger partial charge in [0, 0.05) is 37.8 Å². The molecule has 170 valence electrons. The highest BCUT2D eigenvalue weighted by Crippen LogP contribution is 2.27. The lowest BCUT2D eigenvalue weighted by molar-refractivity contribution is -0.134. The molecular formula is C25H24N2O5S. The first-order valence-electron chi connectivity index (χ1n) is 10.6. The second-order valence-electron chi connectivity index (χ2n) is 7.50. The molecule has 33 heavy (non-hydrogen) atoms. The highest BCUT2D eigenvalue weighted by atomic mass is 32.1. The summed E-state index contributed by atoms with van der Waals surface area (Å²) in [5.41, 5.74) is 0.895. The Bertz CT molecular complexity index is 1120. The van der Waals surface area contributed by atoms with Crippen LogP contribution < -0.4 is 9.47 Å². The van der Waals surface area contributed by atoms with Crippen LogP contribution in [0.2, 0.25) is 0 Å². The first kappa shape index (κ1) is 22.5. The molecule has 1 aromatic heterocycles. The molecule has 7 nitrogen and oxygen atoms in total. The summed E-state index contributed by atoms with van der Waals surface area (Å²) in [4.78, 5) is 42.4. The van der Waals surface area contributed by atoms with Crippen molar-refractivity contribution in [3.05, 3.63) is 82.0 Å². The Morgan fingerprint density at radius 1 is 0.909 bits per heavy atom. The second kappa shape index (κ2) is 10.3. The van der Waals surface area contributed by atoms with Gasteiger partial charge < -0.3 is 19.3 Å². The topological polar surface area (TPSA) is 76.2 Å². The molecule has 0 radical (unpaired) electrons. The summed E-state index contributed by atoms with van der Waals surface area (Å²) in [7, 11) is 1.53. The monoisotopic (exact) mass is 464 g/mol. The van der Waals surface area contributed by atoms with Crippen LogP contribution in [-0.2, 0) is 4.79 Å². The van der Waals surface area contributed by atoms with Gasteiger partial charge in [-0.2, -0.15) is 0 Å². The van der Waals surface area contributed by atoms with Crippen LogP contribution in [0.25, 0.3) is 0 Å². The molecule has 1 aliphatic heterocycles. The number of methoxy groups -OCH3 is 1. The molecule has 2 heterocycles. The fourth-order valence-electron chi connectivity index (χ4n) is 3.63. The van der Waals surface area contributed by atoms with Crippen LogP contribution in [0.1, 0.15) is 25.6 Å². The molecule has 1 saturated heterocycles. The molecule has 0 N–H and O–H groups in total.